The van der Waals surface area contributed by atoms with Crippen LogP contribution < -0.4 is 10.5 Å². The number of hydrogen-bond donors (Lipinski definition) is 1. The molecule has 0 saturated heterocycles. The molecule has 0 spiro atoms. The van der Waals surface area contributed by atoms with Crippen LogP contribution in [0.4, 0.5) is 13.2 Å². The summed E-state index contributed by atoms with van der Waals surface area (Å²) < 4.78 is 43.5. The maximum Gasteiger partial charge on any atom is 0.573 e. The SMILES string of the molecule is NC1=NC(c2ccc(OC(F)(F)F)cc2)c2ncc(-c3ccccc3Br)n21. The van der Waals surface area contributed by atoms with Crippen molar-refractivity contribution < 1.29 is 17.9 Å². The van der Waals surface area contributed by atoms with Crippen molar-refractivity contribution >= 4 is 21.9 Å². The van der Waals surface area contributed by atoms with Crippen LogP contribution in [0.25, 0.3) is 11.3 Å². The molecule has 2 heterocycles. The van der Waals surface area contributed by atoms with Crippen LogP contribution >= 0.6 is 15.9 Å². The van der Waals surface area contributed by atoms with Gasteiger partial charge in [-0.05, 0) is 23.8 Å². The summed E-state index contributed by atoms with van der Waals surface area (Å²) in [5.74, 6) is 0.579. The van der Waals surface area contributed by atoms with Crippen molar-refractivity contribution in [2.75, 3.05) is 0 Å². The molecule has 2 N–H and O–H groups in total. The number of nitrogens with two attached hydrogens (primary N) is 1. The predicted octanol–water partition coefficient (Wildman–Crippen LogP) is 4.48. The van der Waals surface area contributed by atoms with Crippen molar-refractivity contribution in [3.05, 3.63) is 70.6 Å². The van der Waals surface area contributed by atoms with E-state index >= 15 is 0 Å². The monoisotopic (exact) mass is 436 g/mol. The van der Waals surface area contributed by atoms with E-state index in [0.29, 0.717) is 11.4 Å². The molecule has 0 radical (unpaired) electrons. The van der Waals surface area contributed by atoms with Crippen LogP contribution in [-0.2, 0) is 0 Å². The number of ether oxygens (including phenoxy) is 1. The first-order valence-corrected chi connectivity index (χ1v) is 8.65. The third-order valence-electron chi connectivity index (χ3n) is 4.10. The van der Waals surface area contributed by atoms with E-state index in [1.165, 1.54) is 24.3 Å². The molecular formula is C18H12BrF3N4O. The fraction of sp³-hybridized carbons (Fsp3) is 0.111. The molecular weight excluding hydrogens is 425 g/mol. The van der Waals surface area contributed by atoms with Gasteiger partial charge in [-0.25, -0.2) is 9.98 Å². The van der Waals surface area contributed by atoms with Crippen molar-refractivity contribution in [1.29, 1.82) is 0 Å². The second-order valence-electron chi connectivity index (χ2n) is 5.82. The second kappa shape index (κ2) is 6.41. The van der Waals surface area contributed by atoms with Crippen LogP contribution in [0.5, 0.6) is 5.75 Å². The van der Waals surface area contributed by atoms with Crippen molar-refractivity contribution in [3.8, 4) is 17.0 Å². The minimum absolute atomic E-state index is 0.272. The number of fused-ring (bicyclic) bond motifs is 1. The summed E-state index contributed by atoms with van der Waals surface area (Å²) in [5, 5.41) is 0. The largest absolute Gasteiger partial charge is 0.573 e. The number of aliphatic imine (C=N–C) groups is 1. The highest BCUT2D eigenvalue weighted by Gasteiger charge is 2.32. The molecule has 1 aliphatic heterocycles. The van der Waals surface area contributed by atoms with Gasteiger partial charge in [0, 0.05) is 10.0 Å². The van der Waals surface area contributed by atoms with Gasteiger partial charge in [-0.2, -0.15) is 0 Å². The Bertz CT molecular complexity index is 1030. The molecule has 0 fully saturated rings. The normalized spacial score (nSPS) is 16.1. The fourth-order valence-corrected chi connectivity index (χ4v) is 3.47. The van der Waals surface area contributed by atoms with Crippen molar-refractivity contribution in [3.63, 3.8) is 0 Å². The van der Waals surface area contributed by atoms with Crippen LogP contribution in [0, 0.1) is 0 Å². The molecule has 1 atom stereocenters. The zero-order chi connectivity index (χ0) is 19.2. The average Bonchev–Trinajstić information content (AvgIpc) is 3.17. The zero-order valence-electron chi connectivity index (χ0n) is 13.6. The highest BCUT2D eigenvalue weighted by molar-refractivity contribution is 9.10. The Morgan fingerprint density at radius 2 is 1.78 bits per heavy atom. The molecule has 1 unspecified atom stereocenters. The smallest absolute Gasteiger partial charge is 0.406 e. The topological polar surface area (TPSA) is 65.4 Å². The number of benzene rings is 2. The highest BCUT2D eigenvalue weighted by Crippen LogP contribution is 2.36. The lowest BCUT2D eigenvalue weighted by atomic mass is 10.1. The Kier molecular flexibility index (Phi) is 4.18. The van der Waals surface area contributed by atoms with Gasteiger partial charge in [-0.1, -0.05) is 46.3 Å². The second-order valence-corrected chi connectivity index (χ2v) is 6.68. The molecule has 0 bridgehead atoms. The van der Waals surface area contributed by atoms with Gasteiger partial charge < -0.3 is 10.5 Å². The Hall–Kier alpha value is -2.81. The number of hydrogen-bond acceptors (Lipinski definition) is 4. The number of rotatable bonds is 3. The molecule has 2 aromatic carbocycles. The third kappa shape index (κ3) is 3.30. The molecule has 138 valence electrons. The molecule has 0 aliphatic carbocycles. The average molecular weight is 437 g/mol. The van der Waals surface area contributed by atoms with E-state index in [9.17, 15) is 13.2 Å². The van der Waals surface area contributed by atoms with Crippen molar-refractivity contribution in [2.24, 2.45) is 10.7 Å². The molecule has 0 amide bonds. The van der Waals surface area contributed by atoms with Crippen molar-refractivity contribution in [2.45, 2.75) is 12.4 Å². The zero-order valence-corrected chi connectivity index (χ0v) is 15.2. The van der Waals surface area contributed by atoms with Crippen LogP contribution in [0.3, 0.4) is 0 Å². The molecule has 5 nitrogen and oxygen atoms in total. The molecule has 1 aliphatic rings. The lowest BCUT2D eigenvalue weighted by Gasteiger charge is -2.11. The number of aromatic nitrogens is 2. The van der Waals surface area contributed by atoms with E-state index in [0.717, 1.165) is 15.7 Å². The maximum atomic E-state index is 12.3. The maximum absolute atomic E-state index is 12.3. The van der Waals surface area contributed by atoms with Crippen LogP contribution in [0.1, 0.15) is 17.4 Å². The quantitative estimate of drug-likeness (QED) is 0.658. The molecule has 3 aromatic rings. The van der Waals surface area contributed by atoms with E-state index < -0.39 is 12.4 Å². The summed E-state index contributed by atoms with van der Waals surface area (Å²) in [4.78, 5) is 8.86. The summed E-state index contributed by atoms with van der Waals surface area (Å²) in [6, 6.07) is 12.7. The summed E-state index contributed by atoms with van der Waals surface area (Å²) in [6.07, 6.45) is -3.03. The van der Waals surface area contributed by atoms with E-state index in [4.69, 9.17) is 5.73 Å². The van der Waals surface area contributed by atoms with Gasteiger partial charge in [0.15, 0.2) is 0 Å². The van der Waals surface area contributed by atoms with E-state index in [1.54, 1.807) is 10.8 Å². The molecule has 0 saturated carbocycles. The van der Waals surface area contributed by atoms with Gasteiger partial charge >= 0.3 is 6.36 Å². The summed E-state index contributed by atoms with van der Waals surface area (Å²) >= 11 is 3.51. The number of nitrogens with zero attached hydrogens (tertiary/aromatic N) is 3. The van der Waals surface area contributed by atoms with Gasteiger partial charge in [-0.3, -0.25) is 4.57 Å². The molecule has 1 aromatic heterocycles. The minimum atomic E-state index is -4.73. The highest BCUT2D eigenvalue weighted by atomic mass is 79.9. The molecule has 27 heavy (non-hydrogen) atoms. The van der Waals surface area contributed by atoms with Crippen LogP contribution in [0.2, 0.25) is 0 Å². The van der Waals surface area contributed by atoms with Crippen molar-refractivity contribution in [1.82, 2.24) is 9.55 Å². The van der Waals surface area contributed by atoms with Crippen LogP contribution in [-0.4, -0.2) is 21.9 Å². The predicted molar refractivity (Wildman–Crippen MR) is 97.4 cm³/mol. The lowest BCUT2D eigenvalue weighted by molar-refractivity contribution is -0.274. The Morgan fingerprint density at radius 1 is 1.07 bits per heavy atom. The first-order valence-electron chi connectivity index (χ1n) is 7.85. The Balaban J connectivity index is 1.69. The molecule has 4 rings (SSSR count). The van der Waals surface area contributed by atoms with Gasteiger partial charge in [0.1, 0.15) is 17.6 Å². The van der Waals surface area contributed by atoms with Gasteiger partial charge in [0.2, 0.25) is 5.96 Å². The number of alkyl halides is 3. The van der Waals surface area contributed by atoms with Gasteiger partial charge in [-0.15, -0.1) is 13.2 Å². The van der Waals surface area contributed by atoms with Gasteiger partial charge in [0.25, 0.3) is 0 Å². The summed E-state index contributed by atoms with van der Waals surface area (Å²) in [6.45, 7) is 0. The number of halogens is 4. The first-order chi connectivity index (χ1) is 12.8. The minimum Gasteiger partial charge on any atom is -0.406 e. The fourth-order valence-electron chi connectivity index (χ4n) is 2.98. The lowest BCUT2D eigenvalue weighted by Crippen LogP contribution is -2.20. The van der Waals surface area contributed by atoms with E-state index in [1.807, 2.05) is 24.3 Å². The third-order valence-corrected chi connectivity index (χ3v) is 4.79. The first kappa shape index (κ1) is 17.6. The van der Waals surface area contributed by atoms with Crippen LogP contribution in [0.15, 0.2) is 64.2 Å². The summed E-state index contributed by atoms with van der Waals surface area (Å²) in [5.41, 5.74) is 8.45. The molecule has 9 heteroatoms. The van der Waals surface area contributed by atoms with E-state index in [-0.39, 0.29) is 11.7 Å². The Labute approximate surface area is 160 Å². The standard InChI is InChI=1S/C18H12BrF3N4O/c19-13-4-2-1-3-12(13)14-9-24-16-15(25-17(23)26(14)16)10-5-7-11(8-6-10)27-18(20,21)22/h1-9,15H,(H2,23,25). The Morgan fingerprint density at radius 3 is 2.44 bits per heavy atom. The van der Waals surface area contributed by atoms with E-state index in [2.05, 4.69) is 30.6 Å². The number of imidazole rings is 1. The van der Waals surface area contributed by atoms with Gasteiger partial charge in [0.05, 0.1) is 11.9 Å². The summed E-state index contributed by atoms with van der Waals surface area (Å²) in [7, 11) is 0.